The molecule has 0 bridgehead atoms. The van der Waals surface area contributed by atoms with Gasteiger partial charge in [-0.1, -0.05) is 23.2 Å². The molecule has 0 saturated heterocycles. The largest absolute Gasteiger partial charge is 0.363 e. The molecule has 0 saturated carbocycles. The molecular weight excluding hydrogens is 273 g/mol. The molecule has 0 spiro atoms. The van der Waals surface area contributed by atoms with Gasteiger partial charge in [0.25, 0.3) is 0 Å². The normalized spacial score (nSPS) is 17.6. The third-order valence-electron chi connectivity index (χ3n) is 3.27. The van der Waals surface area contributed by atoms with Gasteiger partial charge in [0, 0.05) is 20.3 Å². The maximum absolute atomic E-state index is 6.24. The zero-order chi connectivity index (χ0) is 13.0. The highest BCUT2D eigenvalue weighted by Crippen LogP contribution is 2.47. The zero-order valence-corrected chi connectivity index (χ0v) is 11.7. The second-order valence-electron chi connectivity index (χ2n) is 4.33. The number of anilines is 1. The summed E-state index contributed by atoms with van der Waals surface area (Å²) in [5, 5.41) is 9.75. The monoisotopic (exact) mass is 283 g/mol. The van der Waals surface area contributed by atoms with Crippen LogP contribution in [0.25, 0.3) is 11.3 Å². The molecule has 5 nitrogen and oxygen atoms in total. The molecule has 3 heterocycles. The van der Waals surface area contributed by atoms with E-state index in [1.165, 1.54) is 0 Å². The van der Waals surface area contributed by atoms with Crippen LogP contribution in [0.15, 0.2) is 6.20 Å². The molecule has 1 atom stereocenters. The van der Waals surface area contributed by atoms with Crippen molar-refractivity contribution in [2.45, 2.75) is 13.0 Å². The minimum absolute atomic E-state index is 0.0824. The van der Waals surface area contributed by atoms with E-state index >= 15 is 0 Å². The summed E-state index contributed by atoms with van der Waals surface area (Å²) in [6.07, 6.45) is 1.55. The molecule has 0 amide bonds. The minimum Gasteiger partial charge on any atom is -0.363 e. The lowest BCUT2D eigenvalue weighted by Gasteiger charge is -2.32. The lowest BCUT2D eigenvalue weighted by atomic mass is 9.99. The Morgan fingerprint density at radius 3 is 2.67 bits per heavy atom. The summed E-state index contributed by atoms with van der Waals surface area (Å²) >= 11 is 12.4. The molecule has 0 aromatic carbocycles. The summed E-state index contributed by atoms with van der Waals surface area (Å²) < 4.78 is 0. The van der Waals surface area contributed by atoms with Gasteiger partial charge < -0.3 is 4.90 Å². The van der Waals surface area contributed by atoms with Gasteiger partial charge in [-0.2, -0.15) is 15.0 Å². The molecular formula is C11H11Cl2N5. The number of nitrogens with zero attached hydrogens (tertiary/aromatic N) is 5. The summed E-state index contributed by atoms with van der Waals surface area (Å²) in [7, 11) is 3.74. The van der Waals surface area contributed by atoms with E-state index in [-0.39, 0.29) is 6.04 Å². The molecule has 94 valence electrons. The van der Waals surface area contributed by atoms with Gasteiger partial charge in [-0.05, 0) is 6.92 Å². The average molecular weight is 284 g/mol. The topological polar surface area (TPSA) is 46.8 Å². The van der Waals surface area contributed by atoms with Crippen molar-refractivity contribution in [3.63, 3.8) is 0 Å². The molecule has 2 aromatic heterocycles. The van der Waals surface area contributed by atoms with Gasteiger partial charge in [-0.15, -0.1) is 0 Å². The van der Waals surface area contributed by atoms with Crippen LogP contribution in [0.4, 0.5) is 5.69 Å². The second-order valence-corrected chi connectivity index (χ2v) is 5.10. The van der Waals surface area contributed by atoms with Crippen LogP contribution in [-0.4, -0.2) is 27.0 Å². The van der Waals surface area contributed by atoms with Gasteiger partial charge in [-0.25, -0.2) is 4.98 Å². The van der Waals surface area contributed by atoms with Crippen LogP contribution in [0.3, 0.4) is 0 Å². The second kappa shape index (κ2) is 3.83. The summed E-state index contributed by atoms with van der Waals surface area (Å²) in [6, 6.07) is 0.0824. The molecule has 2 aromatic rings. The van der Waals surface area contributed by atoms with Crippen molar-refractivity contribution in [2.75, 3.05) is 11.9 Å². The van der Waals surface area contributed by atoms with Crippen molar-refractivity contribution in [2.24, 2.45) is 7.05 Å². The highest BCUT2D eigenvalue weighted by atomic mass is 35.5. The lowest BCUT2D eigenvalue weighted by Crippen LogP contribution is -2.27. The number of pyridine rings is 1. The standard InChI is InChI=1S/C11H11Cl2N5/c1-5-8-9(16-18(3)15-8)7-6(12)4-14-11(13)10(7)17(5)2/h4-5H,1-3H3. The van der Waals surface area contributed by atoms with Gasteiger partial charge in [0.05, 0.1) is 22.3 Å². The lowest BCUT2D eigenvalue weighted by molar-refractivity contribution is 0.625. The Morgan fingerprint density at radius 2 is 1.94 bits per heavy atom. The average Bonchev–Trinajstić information content (AvgIpc) is 2.71. The van der Waals surface area contributed by atoms with Crippen molar-refractivity contribution in [1.29, 1.82) is 0 Å². The molecule has 1 aliphatic rings. The van der Waals surface area contributed by atoms with Crippen LogP contribution in [0.5, 0.6) is 0 Å². The van der Waals surface area contributed by atoms with Gasteiger partial charge in [0.2, 0.25) is 0 Å². The molecule has 3 rings (SSSR count). The third-order valence-corrected chi connectivity index (χ3v) is 3.83. The van der Waals surface area contributed by atoms with Crippen LogP contribution in [0.1, 0.15) is 18.7 Å². The molecule has 0 fully saturated rings. The van der Waals surface area contributed by atoms with Gasteiger partial charge in [0.1, 0.15) is 11.4 Å². The van der Waals surface area contributed by atoms with E-state index in [2.05, 4.69) is 15.2 Å². The molecule has 0 aliphatic carbocycles. The predicted molar refractivity (Wildman–Crippen MR) is 71.1 cm³/mol. The SMILES string of the molecule is CC1c2nn(C)nc2-c2c(Cl)cnc(Cl)c2N1C. The molecule has 0 radical (unpaired) electrons. The quantitative estimate of drug-likeness (QED) is 0.698. The molecule has 1 aliphatic heterocycles. The number of fused-ring (bicyclic) bond motifs is 3. The number of aromatic nitrogens is 4. The first kappa shape index (κ1) is 11.7. The van der Waals surface area contributed by atoms with Crippen molar-refractivity contribution < 1.29 is 0 Å². The number of aryl methyl sites for hydroxylation is 1. The Morgan fingerprint density at radius 1 is 1.22 bits per heavy atom. The Balaban J connectivity index is 2.40. The van der Waals surface area contributed by atoms with Crippen LogP contribution in [0.2, 0.25) is 10.2 Å². The van der Waals surface area contributed by atoms with Crippen molar-refractivity contribution in [3.05, 3.63) is 22.1 Å². The summed E-state index contributed by atoms with van der Waals surface area (Å²) in [5.74, 6) is 0. The van der Waals surface area contributed by atoms with E-state index in [0.717, 1.165) is 22.6 Å². The third kappa shape index (κ3) is 1.44. The first-order valence-corrected chi connectivity index (χ1v) is 6.24. The van der Waals surface area contributed by atoms with E-state index in [1.54, 1.807) is 18.0 Å². The maximum atomic E-state index is 6.24. The smallest absolute Gasteiger partial charge is 0.153 e. The fourth-order valence-corrected chi connectivity index (χ4v) is 2.76. The minimum atomic E-state index is 0.0824. The van der Waals surface area contributed by atoms with E-state index in [1.807, 2.05) is 18.9 Å². The number of rotatable bonds is 0. The van der Waals surface area contributed by atoms with Crippen molar-refractivity contribution >= 4 is 28.9 Å². The van der Waals surface area contributed by atoms with E-state index in [9.17, 15) is 0 Å². The van der Waals surface area contributed by atoms with Crippen LogP contribution in [0, 0.1) is 0 Å². The number of hydrogen-bond donors (Lipinski definition) is 0. The zero-order valence-electron chi connectivity index (χ0n) is 10.1. The predicted octanol–water partition coefficient (Wildman–Crippen LogP) is 2.69. The highest BCUT2D eigenvalue weighted by Gasteiger charge is 2.33. The van der Waals surface area contributed by atoms with Crippen LogP contribution in [-0.2, 0) is 7.05 Å². The molecule has 1 unspecified atom stereocenters. The van der Waals surface area contributed by atoms with Crippen molar-refractivity contribution in [3.8, 4) is 11.3 Å². The Bertz CT molecular complexity index is 637. The fraction of sp³-hybridized carbons (Fsp3) is 0.364. The summed E-state index contributed by atoms with van der Waals surface area (Å²) in [4.78, 5) is 7.67. The molecule has 18 heavy (non-hydrogen) atoms. The highest BCUT2D eigenvalue weighted by molar-refractivity contribution is 6.37. The number of halogens is 2. The maximum Gasteiger partial charge on any atom is 0.153 e. The van der Waals surface area contributed by atoms with Gasteiger partial charge >= 0.3 is 0 Å². The summed E-state index contributed by atoms with van der Waals surface area (Å²) in [5.41, 5.74) is 3.30. The van der Waals surface area contributed by atoms with E-state index in [4.69, 9.17) is 23.2 Å². The van der Waals surface area contributed by atoms with Crippen LogP contribution < -0.4 is 4.90 Å². The Kier molecular flexibility index (Phi) is 2.50. The first-order chi connectivity index (χ1) is 8.50. The summed E-state index contributed by atoms with van der Waals surface area (Å²) in [6.45, 7) is 2.05. The van der Waals surface area contributed by atoms with E-state index in [0.29, 0.717) is 10.2 Å². The first-order valence-electron chi connectivity index (χ1n) is 5.49. The van der Waals surface area contributed by atoms with Gasteiger partial charge in [0.15, 0.2) is 5.15 Å². The molecule has 7 heteroatoms. The number of hydrogen-bond acceptors (Lipinski definition) is 4. The van der Waals surface area contributed by atoms with Gasteiger partial charge in [-0.3, -0.25) is 0 Å². The van der Waals surface area contributed by atoms with Crippen LogP contribution >= 0.6 is 23.2 Å². The van der Waals surface area contributed by atoms with E-state index < -0.39 is 0 Å². The fourth-order valence-electron chi connectivity index (χ4n) is 2.26. The Hall–Kier alpha value is -1.33. The molecule has 0 N–H and O–H groups in total. The van der Waals surface area contributed by atoms with Crippen molar-refractivity contribution in [1.82, 2.24) is 20.0 Å². The Labute approximate surface area is 114 Å².